The zero-order valence-electron chi connectivity index (χ0n) is 70.6. The Kier molecular flexibility index (Phi) is 41.3. The lowest BCUT2D eigenvalue weighted by Crippen LogP contribution is -2.29. The molecule has 710 valence electrons. The number of carboxylic acid groups (broad SMARTS) is 1. The van der Waals surface area contributed by atoms with E-state index in [0.29, 0.717) is 57.5 Å². The summed E-state index contributed by atoms with van der Waals surface area (Å²) in [6.07, 6.45) is -4.52. The van der Waals surface area contributed by atoms with Crippen molar-refractivity contribution >= 4 is 88.3 Å². The Morgan fingerprint density at radius 2 is 0.729 bits per heavy atom. The Hall–Kier alpha value is -12.8. The second kappa shape index (κ2) is 53.7. The van der Waals surface area contributed by atoms with E-state index in [0.717, 1.165) is 0 Å². The number of amides is 1. The summed E-state index contributed by atoms with van der Waals surface area (Å²) in [5.74, 6) is -3.54. The summed E-state index contributed by atoms with van der Waals surface area (Å²) in [7, 11) is 0. The first-order chi connectivity index (χ1) is 64.3. The first-order valence-electron chi connectivity index (χ1n) is 40.4. The van der Waals surface area contributed by atoms with Gasteiger partial charge in [0.1, 0.15) is 69.3 Å². The molecule has 7 aliphatic heterocycles. The molecule has 6 aromatic carbocycles. The van der Waals surface area contributed by atoms with Gasteiger partial charge in [0, 0.05) is 30.5 Å². The Morgan fingerprint density at radius 3 is 1.08 bits per heavy atom. The minimum atomic E-state index is -1.09. The summed E-state index contributed by atoms with van der Waals surface area (Å²) in [5.41, 5.74) is 11.7. The molecule has 0 aliphatic carbocycles. The molecule has 7 aliphatic rings. The second-order valence-corrected chi connectivity index (χ2v) is 28.6. The third-order valence-electron chi connectivity index (χ3n) is 18.1. The number of aliphatic carboxylic acids is 1. The average Bonchev–Trinajstić information content (AvgIpc) is 1.73. The quantitative estimate of drug-likeness (QED) is 0.0224. The van der Waals surface area contributed by atoms with Crippen molar-refractivity contribution in [1.29, 1.82) is 0 Å². The summed E-state index contributed by atoms with van der Waals surface area (Å²) in [6, 6.07) is 53.8. The maximum Gasteiger partial charge on any atom is 0.351 e. The van der Waals surface area contributed by atoms with E-state index in [9.17, 15) is 52.7 Å². The number of halogens is 2. The standard InChI is InChI=1S/C18H15ClO6.C17H17N3O6.C15H15N3O5.C12H12O6.C12H14O5.C8H11N3O4.C5H9ClO3/c19-14-8-4-7-13(9-14)18(21)25-16-11-22-15(24-16)10-23-17(20)12-5-2-1-3-6-12;1-11(21)18-13-7-8-20(17(23)19-13)14-9-24-15(26-14)10-25-16(22)12-5-3-2-4-6-12;16-11-6-7-18(15(20)17-11)12-8-21-13(23-12)9-22-14(19)10-4-2-1-3-5-10;13-11(14)9-6-16-10(18-9)7-17-12(15)8-4-2-1-3-5-8;13-6-10-7-15-11(17-10)8-16-12(14)9-4-2-1-3-5-9;9-5-1-2-11(8(13)10-5)6-4-14-7(3-12)15-6;6-1-5-8-3-4(2-7)9-5/h1-9,15-16H,10-11H2;2-8,14-15H,9-10H2,1H3,(H,18,19,21,23);1-7,12-13H,8-9H2,(H2,16,17,20);1-5,9-10H,6-7H2,(H,13,14);1-5,10-11,13H,6-8H2;1-2,6-7,12H,3-4H2,(H2,9,10,13);4-5,7H,1-3H2. The second-order valence-electron chi connectivity index (χ2n) is 27.9. The van der Waals surface area contributed by atoms with E-state index in [1.807, 2.05) is 12.1 Å². The van der Waals surface area contributed by atoms with Crippen LogP contribution in [0.1, 0.15) is 87.8 Å². The molecule has 44 nitrogen and oxygen atoms in total. The van der Waals surface area contributed by atoms with Crippen LogP contribution in [0.4, 0.5) is 17.5 Å². The first kappa shape index (κ1) is 102. The highest BCUT2D eigenvalue weighted by atomic mass is 35.5. The Labute approximate surface area is 765 Å². The van der Waals surface area contributed by atoms with Gasteiger partial charge in [-0.3, -0.25) is 18.5 Å². The van der Waals surface area contributed by atoms with Crippen molar-refractivity contribution in [2.45, 2.75) is 94.2 Å². The number of alkyl halides is 1. The summed E-state index contributed by atoms with van der Waals surface area (Å²) in [6.45, 7) is 1.89. The summed E-state index contributed by atoms with van der Waals surface area (Å²) in [4.78, 5) is 138. The molecule has 46 heteroatoms. The lowest BCUT2D eigenvalue weighted by Gasteiger charge is -2.14. The highest BCUT2D eigenvalue weighted by molar-refractivity contribution is 6.30. The van der Waals surface area contributed by atoms with Gasteiger partial charge in [-0.25, -0.2) is 47.9 Å². The number of carboxylic acids is 1. The van der Waals surface area contributed by atoms with E-state index in [1.165, 1.54) is 63.5 Å². The monoisotopic (exact) mass is 1890 g/mol. The van der Waals surface area contributed by atoms with Gasteiger partial charge in [0.25, 0.3) is 0 Å². The molecule has 7 saturated heterocycles. The number of carbonyl (C=O) groups excluding carboxylic acids is 7. The Balaban J connectivity index is 0.000000164. The number of aromatic nitrogens is 6. The van der Waals surface area contributed by atoms with Crippen molar-refractivity contribution in [3.63, 3.8) is 0 Å². The number of hydrogen-bond acceptors (Lipinski definition) is 39. The van der Waals surface area contributed by atoms with E-state index in [1.54, 1.807) is 158 Å². The fourth-order valence-corrected chi connectivity index (χ4v) is 12.0. The molecule has 9 aromatic rings. The SMILES string of the molecule is CC(=O)Nc1ccn(C2COC(COC(=O)c3ccccc3)O2)c(=O)n1.Nc1ccn(C2COC(CO)O2)c(=O)n1.Nc1ccn(C2COC(COC(=O)c3ccccc3)O2)c(=O)n1.O=C(OCC1OCC(C(=O)O)O1)c1ccccc1.O=C(OCC1OCC(CO)O1)c1ccccc1.O=C(OCC1OCC(OC(=O)c2cccc(Cl)c2)O1)c1ccccc1.OCC1COC(CCl)O1. The molecule has 0 bridgehead atoms. The molecule has 9 N–H and O–H groups in total. The molecule has 14 unspecified atom stereocenters. The number of benzene rings is 6. The van der Waals surface area contributed by atoms with E-state index in [2.05, 4.69) is 20.3 Å². The topological polar surface area (TPSA) is 571 Å². The maximum atomic E-state index is 12.0. The van der Waals surface area contributed by atoms with Crippen molar-refractivity contribution in [2.75, 3.05) is 122 Å². The third kappa shape index (κ3) is 33.8. The van der Waals surface area contributed by atoms with Crippen LogP contribution in [-0.4, -0.2) is 270 Å². The average molecular weight is 1900 g/mol. The fraction of sp³-hybridized carbons (Fsp3) is 0.356. The minimum Gasteiger partial charge on any atom is -0.479 e. The number of rotatable bonds is 26. The van der Waals surface area contributed by atoms with Crippen LogP contribution in [-0.2, 0) is 104 Å². The third-order valence-corrected chi connectivity index (χ3v) is 18.6. The fourth-order valence-electron chi connectivity index (χ4n) is 11.7. The van der Waals surface area contributed by atoms with Gasteiger partial charge in [-0.1, -0.05) is 109 Å². The number of nitrogen functional groups attached to an aromatic ring is 2. The summed E-state index contributed by atoms with van der Waals surface area (Å²) >= 11 is 11.2. The van der Waals surface area contributed by atoms with Gasteiger partial charge in [0.05, 0.1) is 98.7 Å². The van der Waals surface area contributed by atoms with Gasteiger partial charge in [-0.2, -0.15) is 15.0 Å². The Bertz CT molecular complexity index is 5390. The van der Waals surface area contributed by atoms with Crippen molar-refractivity contribution in [2.24, 2.45) is 0 Å². The molecule has 0 saturated carbocycles. The van der Waals surface area contributed by atoms with Crippen molar-refractivity contribution < 1.29 is 154 Å². The van der Waals surface area contributed by atoms with E-state index in [-0.39, 0.29) is 128 Å². The van der Waals surface area contributed by atoms with Gasteiger partial charge in [0.2, 0.25) is 12.2 Å². The van der Waals surface area contributed by atoms with Crippen molar-refractivity contribution in [3.8, 4) is 0 Å². The molecule has 14 atom stereocenters. The number of aliphatic hydroxyl groups is 3. The van der Waals surface area contributed by atoms with E-state index >= 15 is 0 Å². The maximum absolute atomic E-state index is 12.0. The molecule has 16 rings (SSSR count). The van der Waals surface area contributed by atoms with Gasteiger partial charge >= 0.3 is 58.9 Å². The number of aliphatic hydroxyl groups excluding tert-OH is 3. The largest absolute Gasteiger partial charge is 0.479 e. The van der Waals surface area contributed by atoms with Crippen molar-refractivity contribution in [1.82, 2.24) is 28.7 Å². The number of nitrogens with one attached hydrogen (secondary N) is 1. The van der Waals surface area contributed by atoms with Crippen molar-refractivity contribution in [3.05, 3.63) is 283 Å². The Morgan fingerprint density at radius 1 is 0.391 bits per heavy atom. The van der Waals surface area contributed by atoms with Gasteiger partial charge in [0.15, 0.2) is 68.8 Å². The number of hydrogen-bond donors (Lipinski definition) is 7. The highest BCUT2D eigenvalue weighted by Gasteiger charge is 2.36. The molecule has 0 spiro atoms. The first-order valence-corrected chi connectivity index (χ1v) is 41.4. The zero-order chi connectivity index (χ0) is 95.0. The van der Waals surface area contributed by atoms with Crippen LogP contribution in [0.5, 0.6) is 0 Å². The molecule has 133 heavy (non-hydrogen) atoms. The summed E-state index contributed by atoms with van der Waals surface area (Å²) < 4.78 is 108. The predicted octanol–water partition coefficient (Wildman–Crippen LogP) is 4.43. The number of nitrogens with zero attached hydrogens (tertiary/aromatic N) is 6. The van der Waals surface area contributed by atoms with Crippen LogP contribution in [0.15, 0.2) is 227 Å². The van der Waals surface area contributed by atoms with Gasteiger partial charge in [-0.05, 0) is 97.1 Å². The lowest BCUT2D eigenvalue weighted by atomic mass is 10.2. The number of nitrogens with two attached hydrogens (primary N) is 2. The van der Waals surface area contributed by atoms with Crippen LogP contribution in [0, 0.1) is 0 Å². The van der Waals surface area contributed by atoms with Gasteiger partial charge < -0.3 is 132 Å². The van der Waals surface area contributed by atoms with E-state index < -0.39 is 128 Å². The molecule has 7 fully saturated rings. The molecular formula is C87H93Cl2N9O35. The van der Waals surface area contributed by atoms with Crippen LogP contribution < -0.4 is 33.9 Å². The van der Waals surface area contributed by atoms with Crippen LogP contribution >= 0.6 is 23.2 Å². The van der Waals surface area contributed by atoms with Crippen LogP contribution in [0.2, 0.25) is 5.02 Å². The number of carbonyl (C=O) groups is 8. The number of esters is 6. The molecule has 10 heterocycles. The normalized spacial score (nSPS) is 22.3. The van der Waals surface area contributed by atoms with Gasteiger partial charge in [-0.15, -0.1) is 11.6 Å². The van der Waals surface area contributed by atoms with Crippen LogP contribution in [0.25, 0.3) is 0 Å². The number of ether oxygens (including phenoxy) is 20. The lowest BCUT2D eigenvalue weighted by molar-refractivity contribution is -0.152. The molecule has 0 radical (unpaired) electrons. The number of anilines is 3. The zero-order valence-corrected chi connectivity index (χ0v) is 72.2. The smallest absolute Gasteiger partial charge is 0.351 e. The summed E-state index contributed by atoms with van der Waals surface area (Å²) in [5, 5.41) is 37.7. The molecule has 3 aromatic heterocycles. The van der Waals surface area contributed by atoms with Crippen LogP contribution in [0.3, 0.4) is 0 Å². The molecule has 1 amide bonds. The molecular weight excluding hydrogens is 1800 g/mol. The van der Waals surface area contributed by atoms with E-state index in [4.69, 9.17) is 150 Å². The minimum absolute atomic E-state index is 0.00733. The highest BCUT2D eigenvalue weighted by Crippen LogP contribution is 2.25. The predicted molar refractivity (Wildman–Crippen MR) is 457 cm³/mol.